The molecule has 0 saturated heterocycles. The molecule has 1 aliphatic carbocycles. The minimum atomic E-state index is 0.784. The quantitative estimate of drug-likeness (QED) is 0.469. The van der Waals surface area contributed by atoms with Crippen molar-refractivity contribution in [1.29, 1.82) is 0 Å². The molecular formula is C11H23NOS. The summed E-state index contributed by atoms with van der Waals surface area (Å²) < 4.78 is 5.44. The van der Waals surface area contributed by atoms with Gasteiger partial charge in [0, 0.05) is 18.8 Å². The fourth-order valence-corrected chi connectivity index (χ4v) is 1.77. The molecule has 0 heterocycles. The monoisotopic (exact) mass is 217 g/mol. The maximum atomic E-state index is 5.44. The van der Waals surface area contributed by atoms with Crippen LogP contribution in [-0.4, -0.2) is 43.5 Å². The maximum absolute atomic E-state index is 5.44. The van der Waals surface area contributed by atoms with Crippen LogP contribution in [0.5, 0.6) is 0 Å². The molecule has 1 fully saturated rings. The van der Waals surface area contributed by atoms with Gasteiger partial charge in [-0.2, -0.15) is 12.6 Å². The van der Waals surface area contributed by atoms with Gasteiger partial charge in [-0.1, -0.05) is 6.92 Å². The van der Waals surface area contributed by atoms with Crippen molar-refractivity contribution in [3.8, 4) is 0 Å². The number of nitrogens with zero attached hydrogens (tertiary/aromatic N) is 1. The highest BCUT2D eigenvalue weighted by molar-refractivity contribution is 7.80. The van der Waals surface area contributed by atoms with Gasteiger partial charge >= 0.3 is 0 Å². The van der Waals surface area contributed by atoms with Crippen LogP contribution >= 0.6 is 12.6 Å². The topological polar surface area (TPSA) is 12.5 Å². The molecule has 1 aliphatic rings. The first kappa shape index (κ1) is 12.3. The lowest BCUT2D eigenvalue weighted by Crippen LogP contribution is -2.30. The van der Waals surface area contributed by atoms with Crippen molar-refractivity contribution in [2.45, 2.75) is 26.2 Å². The first-order valence-corrected chi connectivity index (χ1v) is 6.41. The van der Waals surface area contributed by atoms with Crippen LogP contribution < -0.4 is 0 Å². The third-order valence-electron chi connectivity index (χ3n) is 2.54. The van der Waals surface area contributed by atoms with Crippen LogP contribution in [-0.2, 0) is 4.74 Å². The zero-order valence-corrected chi connectivity index (χ0v) is 10.1. The molecule has 0 aromatic rings. The average Bonchev–Trinajstić information content (AvgIpc) is 2.96. The predicted molar refractivity (Wildman–Crippen MR) is 64.1 cm³/mol. The Labute approximate surface area is 93.4 Å². The van der Waals surface area contributed by atoms with Crippen LogP contribution in [0.3, 0.4) is 0 Å². The average molecular weight is 217 g/mol. The van der Waals surface area contributed by atoms with E-state index < -0.39 is 0 Å². The number of thiol groups is 1. The van der Waals surface area contributed by atoms with Gasteiger partial charge in [0.05, 0.1) is 13.2 Å². The van der Waals surface area contributed by atoms with Crippen molar-refractivity contribution >= 4 is 12.6 Å². The van der Waals surface area contributed by atoms with Gasteiger partial charge in [0.25, 0.3) is 0 Å². The first-order valence-electron chi connectivity index (χ1n) is 5.77. The van der Waals surface area contributed by atoms with Crippen molar-refractivity contribution in [2.24, 2.45) is 5.92 Å². The largest absolute Gasteiger partial charge is 0.379 e. The predicted octanol–water partition coefficient (Wildman–Crippen LogP) is 2.05. The minimum Gasteiger partial charge on any atom is -0.379 e. The van der Waals surface area contributed by atoms with E-state index in [1.165, 1.54) is 32.4 Å². The van der Waals surface area contributed by atoms with Crippen molar-refractivity contribution in [1.82, 2.24) is 4.90 Å². The molecule has 0 spiro atoms. The summed E-state index contributed by atoms with van der Waals surface area (Å²) in [6.07, 6.45) is 4.13. The minimum absolute atomic E-state index is 0.784. The lowest BCUT2D eigenvalue weighted by molar-refractivity contribution is 0.113. The summed E-state index contributed by atoms with van der Waals surface area (Å²) >= 11 is 4.11. The summed E-state index contributed by atoms with van der Waals surface area (Å²) in [7, 11) is 0. The molecule has 2 nitrogen and oxygen atoms in total. The summed E-state index contributed by atoms with van der Waals surface area (Å²) in [4.78, 5) is 2.54. The zero-order chi connectivity index (χ0) is 10.2. The van der Waals surface area contributed by atoms with E-state index in [4.69, 9.17) is 4.74 Å². The smallest absolute Gasteiger partial charge is 0.0593 e. The second kappa shape index (κ2) is 7.55. The molecule has 0 N–H and O–H groups in total. The number of rotatable bonds is 9. The van der Waals surface area contributed by atoms with Crippen LogP contribution in [0.15, 0.2) is 0 Å². The van der Waals surface area contributed by atoms with Crippen molar-refractivity contribution in [3.63, 3.8) is 0 Å². The molecule has 3 heteroatoms. The molecule has 0 bridgehead atoms. The van der Waals surface area contributed by atoms with E-state index >= 15 is 0 Å². The van der Waals surface area contributed by atoms with E-state index in [1.807, 2.05) is 0 Å². The highest BCUT2D eigenvalue weighted by atomic mass is 32.1. The maximum Gasteiger partial charge on any atom is 0.0593 e. The first-order chi connectivity index (χ1) is 6.86. The summed E-state index contributed by atoms with van der Waals surface area (Å²) in [5, 5.41) is 0. The van der Waals surface area contributed by atoms with E-state index in [1.54, 1.807) is 0 Å². The van der Waals surface area contributed by atoms with E-state index in [0.29, 0.717) is 0 Å². The molecule has 0 unspecified atom stereocenters. The Morgan fingerprint density at radius 3 is 2.64 bits per heavy atom. The third-order valence-corrected chi connectivity index (χ3v) is 2.72. The SMILES string of the molecule is CCCN(CCOCCS)CC1CC1. The molecule has 0 atom stereocenters. The Morgan fingerprint density at radius 1 is 1.29 bits per heavy atom. The second-order valence-corrected chi connectivity index (χ2v) is 4.53. The molecular weight excluding hydrogens is 194 g/mol. The van der Waals surface area contributed by atoms with Gasteiger partial charge in [-0.3, -0.25) is 0 Å². The summed E-state index contributed by atoms with van der Waals surface area (Å²) in [6, 6.07) is 0. The van der Waals surface area contributed by atoms with Crippen LogP contribution in [0.4, 0.5) is 0 Å². The lowest BCUT2D eigenvalue weighted by Gasteiger charge is -2.21. The number of hydrogen-bond donors (Lipinski definition) is 1. The Balaban J connectivity index is 2.01. The molecule has 14 heavy (non-hydrogen) atoms. The van der Waals surface area contributed by atoms with Crippen LogP contribution in [0.2, 0.25) is 0 Å². The molecule has 0 aliphatic heterocycles. The van der Waals surface area contributed by atoms with Gasteiger partial charge in [-0.05, 0) is 31.7 Å². The summed E-state index contributed by atoms with van der Waals surface area (Å²) in [5.74, 6) is 1.82. The zero-order valence-electron chi connectivity index (χ0n) is 9.24. The van der Waals surface area contributed by atoms with Crippen LogP contribution in [0, 0.1) is 5.92 Å². The molecule has 0 aromatic carbocycles. The Bertz CT molecular complexity index is 139. The number of ether oxygens (including phenoxy) is 1. The van der Waals surface area contributed by atoms with Gasteiger partial charge in [-0.15, -0.1) is 0 Å². The molecule has 1 saturated carbocycles. The standard InChI is InChI=1S/C11H23NOS/c1-2-5-12(10-11-3-4-11)6-7-13-8-9-14/h11,14H,2-10H2,1H3. The van der Waals surface area contributed by atoms with E-state index in [2.05, 4.69) is 24.5 Å². The van der Waals surface area contributed by atoms with Gasteiger partial charge in [0.2, 0.25) is 0 Å². The second-order valence-electron chi connectivity index (χ2n) is 4.08. The van der Waals surface area contributed by atoms with Crippen LogP contribution in [0.25, 0.3) is 0 Å². The van der Waals surface area contributed by atoms with E-state index in [9.17, 15) is 0 Å². The molecule has 0 aromatic heterocycles. The van der Waals surface area contributed by atoms with Gasteiger partial charge in [0.15, 0.2) is 0 Å². The van der Waals surface area contributed by atoms with Gasteiger partial charge in [-0.25, -0.2) is 0 Å². The fraction of sp³-hybridized carbons (Fsp3) is 1.00. The highest BCUT2D eigenvalue weighted by Crippen LogP contribution is 2.29. The summed E-state index contributed by atoms with van der Waals surface area (Å²) in [5.41, 5.74) is 0. The summed E-state index contributed by atoms with van der Waals surface area (Å²) in [6.45, 7) is 7.51. The Kier molecular flexibility index (Phi) is 6.65. The van der Waals surface area contributed by atoms with Gasteiger partial charge < -0.3 is 9.64 Å². The highest BCUT2D eigenvalue weighted by Gasteiger charge is 2.23. The van der Waals surface area contributed by atoms with E-state index in [0.717, 1.165) is 31.4 Å². The number of hydrogen-bond acceptors (Lipinski definition) is 3. The lowest BCUT2D eigenvalue weighted by atomic mass is 10.3. The van der Waals surface area contributed by atoms with Gasteiger partial charge in [0.1, 0.15) is 0 Å². The third kappa shape index (κ3) is 5.89. The fourth-order valence-electron chi connectivity index (χ4n) is 1.64. The normalized spacial score (nSPS) is 16.5. The molecule has 84 valence electrons. The van der Waals surface area contributed by atoms with Crippen LogP contribution in [0.1, 0.15) is 26.2 Å². The van der Waals surface area contributed by atoms with Crippen molar-refractivity contribution in [2.75, 3.05) is 38.6 Å². The molecule has 0 radical (unpaired) electrons. The Hall–Kier alpha value is 0.270. The molecule has 0 amide bonds. The van der Waals surface area contributed by atoms with E-state index in [-0.39, 0.29) is 0 Å². The Morgan fingerprint density at radius 2 is 2.07 bits per heavy atom. The molecule has 1 rings (SSSR count). The van der Waals surface area contributed by atoms with Crippen molar-refractivity contribution < 1.29 is 4.74 Å². The van der Waals surface area contributed by atoms with Crippen molar-refractivity contribution in [3.05, 3.63) is 0 Å².